The van der Waals surface area contributed by atoms with Gasteiger partial charge >= 0.3 is 0 Å². The van der Waals surface area contributed by atoms with Crippen LogP contribution in [0.3, 0.4) is 0 Å². The van der Waals surface area contributed by atoms with Gasteiger partial charge in [0.25, 0.3) is 0 Å². The Bertz CT molecular complexity index is 402. The smallest absolute Gasteiger partial charge is 0.223 e. The molecule has 1 unspecified atom stereocenters. The van der Waals surface area contributed by atoms with Gasteiger partial charge in [0.15, 0.2) is 0 Å². The highest BCUT2D eigenvalue weighted by atomic mass is 16.5. The highest BCUT2D eigenvalue weighted by molar-refractivity contribution is 5.78. The fourth-order valence-corrected chi connectivity index (χ4v) is 2.12. The van der Waals surface area contributed by atoms with Crippen LogP contribution in [0.4, 0.5) is 0 Å². The Labute approximate surface area is 108 Å². The monoisotopic (exact) mass is 245 g/mol. The molecule has 0 aliphatic carbocycles. The summed E-state index contributed by atoms with van der Waals surface area (Å²) in [7, 11) is 0. The Hall–Kier alpha value is -1.61. The molecule has 1 aromatic carbocycles. The van der Waals surface area contributed by atoms with Gasteiger partial charge in [0, 0.05) is 25.4 Å². The Morgan fingerprint density at radius 3 is 2.83 bits per heavy atom. The number of benzene rings is 1. The first-order chi connectivity index (χ1) is 8.79. The maximum Gasteiger partial charge on any atom is 0.223 e. The lowest BCUT2D eigenvalue weighted by atomic mass is 10.1. The molecule has 1 atom stereocenters. The third-order valence-electron chi connectivity index (χ3n) is 3.19. The van der Waals surface area contributed by atoms with E-state index in [0.29, 0.717) is 32.1 Å². The van der Waals surface area contributed by atoms with Crippen LogP contribution in [0.25, 0.3) is 0 Å². The van der Waals surface area contributed by atoms with E-state index in [2.05, 4.69) is 6.58 Å². The lowest BCUT2D eigenvalue weighted by molar-refractivity contribution is -0.128. The number of ether oxygens (including phenoxy) is 1. The van der Waals surface area contributed by atoms with Crippen LogP contribution in [0.2, 0.25) is 0 Å². The molecule has 0 spiro atoms. The van der Waals surface area contributed by atoms with Crippen molar-refractivity contribution in [3.8, 4) is 0 Å². The van der Waals surface area contributed by atoms with Crippen molar-refractivity contribution in [1.29, 1.82) is 0 Å². The molecule has 0 radical (unpaired) electrons. The fourth-order valence-electron chi connectivity index (χ4n) is 2.12. The van der Waals surface area contributed by atoms with Crippen molar-refractivity contribution in [2.75, 3.05) is 19.7 Å². The van der Waals surface area contributed by atoms with Gasteiger partial charge in [0.2, 0.25) is 5.91 Å². The van der Waals surface area contributed by atoms with E-state index >= 15 is 0 Å². The second-order valence-corrected chi connectivity index (χ2v) is 4.58. The van der Waals surface area contributed by atoms with Crippen LogP contribution in [-0.4, -0.2) is 30.5 Å². The first-order valence-corrected chi connectivity index (χ1v) is 6.31. The first-order valence-electron chi connectivity index (χ1n) is 6.31. The minimum absolute atomic E-state index is 0.211. The minimum atomic E-state index is 0.211. The van der Waals surface area contributed by atoms with Crippen LogP contribution < -0.4 is 0 Å². The van der Waals surface area contributed by atoms with Crippen LogP contribution in [0, 0.1) is 5.92 Å². The van der Waals surface area contributed by atoms with Crippen LogP contribution in [0.5, 0.6) is 0 Å². The molecule has 0 aromatic heterocycles. The largest absolute Gasteiger partial charge is 0.375 e. The normalized spacial score (nSPS) is 19.2. The molecule has 1 aliphatic heterocycles. The third kappa shape index (κ3) is 3.44. The SMILES string of the molecule is C=CC1CC(=O)N(CCOCc2ccccc2)C1. The molecule has 0 bridgehead atoms. The predicted octanol–water partition coefficient (Wildman–Crippen LogP) is 2.24. The number of hydrogen-bond donors (Lipinski definition) is 0. The van der Waals surface area contributed by atoms with Gasteiger partial charge in [-0.2, -0.15) is 0 Å². The van der Waals surface area contributed by atoms with Gasteiger partial charge < -0.3 is 9.64 Å². The Balaban J connectivity index is 1.67. The maximum atomic E-state index is 11.6. The van der Waals surface area contributed by atoms with E-state index in [0.717, 1.165) is 12.1 Å². The molecule has 1 aromatic rings. The summed E-state index contributed by atoms with van der Waals surface area (Å²) in [6, 6.07) is 10.1. The molecule has 2 rings (SSSR count). The van der Waals surface area contributed by atoms with Gasteiger partial charge in [-0.1, -0.05) is 36.4 Å². The van der Waals surface area contributed by atoms with Crippen molar-refractivity contribution < 1.29 is 9.53 Å². The van der Waals surface area contributed by atoms with Crippen LogP contribution in [-0.2, 0) is 16.1 Å². The molecule has 1 aliphatic rings. The predicted molar refractivity (Wildman–Crippen MR) is 71.0 cm³/mol. The number of rotatable bonds is 6. The van der Waals surface area contributed by atoms with Crippen molar-refractivity contribution in [3.05, 3.63) is 48.6 Å². The second-order valence-electron chi connectivity index (χ2n) is 4.58. The number of amides is 1. The molecule has 1 fully saturated rings. The number of hydrogen-bond acceptors (Lipinski definition) is 2. The molecule has 1 heterocycles. The summed E-state index contributed by atoms with van der Waals surface area (Å²) >= 11 is 0. The number of carbonyl (C=O) groups is 1. The third-order valence-corrected chi connectivity index (χ3v) is 3.19. The van der Waals surface area contributed by atoms with Gasteiger partial charge in [0.1, 0.15) is 0 Å². The van der Waals surface area contributed by atoms with Crippen molar-refractivity contribution in [3.63, 3.8) is 0 Å². The quantitative estimate of drug-likeness (QED) is 0.568. The van der Waals surface area contributed by atoms with Gasteiger partial charge in [-0.25, -0.2) is 0 Å². The van der Waals surface area contributed by atoms with Crippen molar-refractivity contribution in [2.45, 2.75) is 13.0 Å². The molecule has 3 heteroatoms. The topological polar surface area (TPSA) is 29.5 Å². The summed E-state index contributed by atoms with van der Waals surface area (Å²) in [5.41, 5.74) is 1.16. The second kappa shape index (κ2) is 6.36. The van der Waals surface area contributed by atoms with Gasteiger partial charge in [-0.05, 0) is 5.56 Å². The average Bonchev–Trinajstić information content (AvgIpc) is 2.77. The van der Waals surface area contributed by atoms with E-state index in [4.69, 9.17) is 4.74 Å². The standard InChI is InChI=1S/C15H19NO2/c1-2-13-10-15(17)16(11-13)8-9-18-12-14-6-4-3-5-7-14/h2-7,13H,1,8-12H2. The van der Waals surface area contributed by atoms with Crippen LogP contribution >= 0.6 is 0 Å². The Morgan fingerprint density at radius 1 is 1.39 bits per heavy atom. The summed E-state index contributed by atoms with van der Waals surface area (Å²) in [6.07, 6.45) is 2.46. The Kier molecular flexibility index (Phi) is 4.53. The fraction of sp³-hybridized carbons (Fsp3) is 0.400. The zero-order valence-electron chi connectivity index (χ0n) is 10.5. The average molecular weight is 245 g/mol. The van der Waals surface area contributed by atoms with Crippen molar-refractivity contribution in [1.82, 2.24) is 4.90 Å². The lowest BCUT2D eigenvalue weighted by Gasteiger charge is -2.15. The summed E-state index contributed by atoms with van der Waals surface area (Å²) < 4.78 is 5.58. The summed E-state index contributed by atoms with van der Waals surface area (Å²) in [6.45, 7) is 6.40. The van der Waals surface area contributed by atoms with E-state index in [9.17, 15) is 4.79 Å². The van der Waals surface area contributed by atoms with E-state index in [1.54, 1.807) is 0 Å². The molecule has 1 amide bonds. The molecular weight excluding hydrogens is 226 g/mol. The molecule has 1 saturated heterocycles. The van der Waals surface area contributed by atoms with E-state index in [1.807, 2.05) is 41.3 Å². The summed E-state index contributed by atoms with van der Waals surface area (Å²) in [5.74, 6) is 0.523. The van der Waals surface area contributed by atoms with Crippen molar-refractivity contribution in [2.24, 2.45) is 5.92 Å². The molecule has 96 valence electrons. The van der Waals surface area contributed by atoms with Crippen LogP contribution in [0.1, 0.15) is 12.0 Å². The highest BCUT2D eigenvalue weighted by Gasteiger charge is 2.26. The Morgan fingerprint density at radius 2 is 2.17 bits per heavy atom. The highest BCUT2D eigenvalue weighted by Crippen LogP contribution is 2.17. The first kappa shape index (κ1) is 12.8. The number of carbonyl (C=O) groups excluding carboxylic acids is 1. The zero-order chi connectivity index (χ0) is 12.8. The molecular formula is C15H19NO2. The molecule has 18 heavy (non-hydrogen) atoms. The number of likely N-dealkylation sites (tertiary alicyclic amines) is 1. The van der Waals surface area contributed by atoms with Crippen molar-refractivity contribution >= 4 is 5.91 Å². The van der Waals surface area contributed by atoms with Crippen LogP contribution in [0.15, 0.2) is 43.0 Å². The van der Waals surface area contributed by atoms with Gasteiger partial charge in [0.05, 0.1) is 13.2 Å². The molecule has 0 saturated carbocycles. The van der Waals surface area contributed by atoms with E-state index in [1.165, 1.54) is 0 Å². The van der Waals surface area contributed by atoms with Gasteiger partial charge in [-0.15, -0.1) is 6.58 Å². The lowest BCUT2D eigenvalue weighted by Crippen LogP contribution is -2.28. The van der Waals surface area contributed by atoms with E-state index < -0.39 is 0 Å². The summed E-state index contributed by atoms with van der Waals surface area (Å²) in [5, 5.41) is 0. The number of nitrogens with zero attached hydrogens (tertiary/aromatic N) is 1. The minimum Gasteiger partial charge on any atom is -0.375 e. The molecule has 3 nitrogen and oxygen atoms in total. The maximum absolute atomic E-state index is 11.6. The molecule has 0 N–H and O–H groups in total. The zero-order valence-corrected chi connectivity index (χ0v) is 10.5. The van der Waals surface area contributed by atoms with Gasteiger partial charge in [-0.3, -0.25) is 4.79 Å². The summed E-state index contributed by atoms with van der Waals surface area (Å²) in [4.78, 5) is 13.5. The van der Waals surface area contributed by atoms with E-state index in [-0.39, 0.29) is 5.91 Å².